The van der Waals surface area contributed by atoms with Crippen LogP contribution in [0, 0.1) is 6.92 Å². The number of hydrogen-bond donors (Lipinski definition) is 0. The second kappa shape index (κ2) is 6.04. The third-order valence-electron chi connectivity index (χ3n) is 4.14. The van der Waals surface area contributed by atoms with Crippen LogP contribution in [-0.2, 0) is 0 Å². The molecular formula is C17H22N2S. The summed E-state index contributed by atoms with van der Waals surface area (Å²) in [7, 11) is 0. The van der Waals surface area contributed by atoms with Crippen LogP contribution in [0.1, 0.15) is 31.2 Å². The summed E-state index contributed by atoms with van der Waals surface area (Å²) >= 11 is 1.78. The van der Waals surface area contributed by atoms with E-state index in [1.54, 1.807) is 11.8 Å². The molecular weight excluding hydrogens is 264 g/mol. The third-order valence-corrected chi connectivity index (χ3v) is 4.87. The summed E-state index contributed by atoms with van der Waals surface area (Å²) in [5.74, 6) is 1.16. The molecule has 20 heavy (non-hydrogen) atoms. The van der Waals surface area contributed by atoms with Crippen LogP contribution in [0.25, 0.3) is 10.9 Å². The Hall–Kier alpha value is -1.22. The van der Waals surface area contributed by atoms with Gasteiger partial charge in [0, 0.05) is 23.4 Å². The van der Waals surface area contributed by atoms with Crippen molar-refractivity contribution >= 4 is 28.5 Å². The van der Waals surface area contributed by atoms with Crippen molar-refractivity contribution in [1.29, 1.82) is 0 Å². The van der Waals surface area contributed by atoms with Gasteiger partial charge in [0.05, 0.1) is 5.52 Å². The zero-order valence-electron chi connectivity index (χ0n) is 12.4. The fraction of sp³-hybridized carbons (Fsp3) is 0.471. The van der Waals surface area contributed by atoms with Crippen LogP contribution in [0.3, 0.4) is 0 Å². The summed E-state index contributed by atoms with van der Waals surface area (Å²) in [6, 6.07) is 8.86. The zero-order chi connectivity index (χ0) is 13.9. The molecule has 1 aromatic carbocycles. The number of aryl methyl sites for hydroxylation is 1. The summed E-state index contributed by atoms with van der Waals surface area (Å²) in [4.78, 5) is 8.68. The highest BCUT2D eigenvalue weighted by atomic mass is 32.2. The Bertz CT molecular complexity index is 601. The van der Waals surface area contributed by atoms with Crippen LogP contribution in [0.5, 0.6) is 0 Å². The fourth-order valence-electron chi connectivity index (χ4n) is 2.95. The minimum atomic E-state index is 1.14. The fourth-order valence-corrected chi connectivity index (χ4v) is 3.39. The molecule has 0 unspecified atom stereocenters. The van der Waals surface area contributed by atoms with E-state index in [1.807, 2.05) is 0 Å². The Labute approximate surface area is 125 Å². The molecule has 2 aromatic rings. The lowest BCUT2D eigenvalue weighted by atomic mass is 10.1. The lowest BCUT2D eigenvalue weighted by Crippen LogP contribution is -2.24. The van der Waals surface area contributed by atoms with E-state index in [0.29, 0.717) is 0 Å². The summed E-state index contributed by atoms with van der Waals surface area (Å²) in [5, 5.41) is 1.28. The molecule has 1 aromatic heterocycles. The van der Waals surface area contributed by atoms with Gasteiger partial charge in [0.15, 0.2) is 0 Å². The molecule has 3 heteroatoms. The first-order valence-electron chi connectivity index (χ1n) is 7.48. The summed E-state index contributed by atoms with van der Waals surface area (Å²) in [5.41, 5.74) is 2.47. The van der Waals surface area contributed by atoms with Crippen molar-refractivity contribution in [3.63, 3.8) is 0 Å². The van der Waals surface area contributed by atoms with Crippen molar-refractivity contribution < 1.29 is 0 Å². The smallest absolute Gasteiger partial charge is 0.129 e. The second-order valence-electron chi connectivity index (χ2n) is 5.58. The van der Waals surface area contributed by atoms with E-state index in [-0.39, 0.29) is 0 Å². The molecule has 0 atom stereocenters. The SMILES string of the molecule is CSc1ccc2c(C)cc(N3CCCCCC3)nc2c1. The number of thioether (sulfide) groups is 1. The predicted octanol–water partition coefficient (Wildman–Crippen LogP) is 4.65. The van der Waals surface area contributed by atoms with Crippen molar-refractivity contribution in [1.82, 2.24) is 4.98 Å². The van der Waals surface area contributed by atoms with Crippen molar-refractivity contribution in [3.8, 4) is 0 Å². The third kappa shape index (κ3) is 2.78. The van der Waals surface area contributed by atoms with Crippen LogP contribution in [0.15, 0.2) is 29.2 Å². The van der Waals surface area contributed by atoms with Gasteiger partial charge in [0.1, 0.15) is 5.82 Å². The predicted molar refractivity (Wildman–Crippen MR) is 88.9 cm³/mol. The molecule has 2 heterocycles. The molecule has 3 rings (SSSR count). The van der Waals surface area contributed by atoms with Crippen molar-refractivity contribution in [2.75, 3.05) is 24.2 Å². The van der Waals surface area contributed by atoms with Gasteiger partial charge in [0.25, 0.3) is 0 Å². The molecule has 0 saturated carbocycles. The van der Waals surface area contributed by atoms with Crippen LogP contribution in [-0.4, -0.2) is 24.3 Å². The maximum atomic E-state index is 4.92. The first-order chi connectivity index (χ1) is 9.78. The highest BCUT2D eigenvalue weighted by Gasteiger charge is 2.13. The van der Waals surface area contributed by atoms with Crippen molar-refractivity contribution in [2.45, 2.75) is 37.5 Å². The Morgan fingerprint density at radius 1 is 1.05 bits per heavy atom. The van der Waals surface area contributed by atoms with Gasteiger partial charge < -0.3 is 4.90 Å². The summed E-state index contributed by atoms with van der Waals surface area (Å²) in [6.45, 7) is 4.50. The lowest BCUT2D eigenvalue weighted by Gasteiger charge is -2.22. The molecule has 2 nitrogen and oxygen atoms in total. The first kappa shape index (κ1) is 13.7. The monoisotopic (exact) mass is 286 g/mol. The minimum Gasteiger partial charge on any atom is -0.357 e. The van der Waals surface area contributed by atoms with Gasteiger partial charge in [-0.3, -0.25) is 0 Å². The number of nitrogens with zero attached hydrogens (tertiary/aromatic N) is 2. The van der Waals surface area contributed by atoms with Gasteiger partial charge in [-0.25, -0.2) is 4.98 Å². The summed E-state index contributed by atoms with van der Waals surface area (Å²) < 4.78 is 0. The van der Waals surface area contributed by atoms with Gasteiger partial charge in [-0.2, -0.15) is 0 Å². The van der Waals surface area contributed by atoms with Crippen LogP contribution in [0.2, 0.25) is 0 Å². The van der Waals surface area contributed by atoms with E-state index < -0.39 is 0 Å². The van der Waals surface area contributed by atoms with Gasteiger partial charge in [-0.15, -0.1) is 11.8 Å². The highest BCUT2D eigenvalue weighted by molar-refractivity contribution is 7.98. The Kier molecular flexibility index (Phi) is 4.16. The molecule has 0 N–H and O–H groups in total. The van der Waals surface area contributed by atoms with Crippen LogP contribution < -0.4 is 4.90 Å². The number of fused-ring (bicyclic) bond motifs is 1. The Morgan fingerprint density at radius 2 is 1.80 bits per heavy atom. The molecule has 1 aliphatic heterocycles. The highest BCUT2D eigenvalue weighted by Crippen LogP contribution is 2.27. The molecule has 0 amide bonds. The minimum absolute atomic E-state index is 1.14. The molecule has 1 fully saturated rings. The van der Waals surface area contributed by atoms with E-state index >= 15 is 0 Å². The molecule has 1 saturated heterocycles. The van der Waals surface area contributed by atoms with Gasteiger partial charge in [-0.05, 0) is 49.8 Å². The molecule has 0 spiro atoms. The number of anilines is 1. The van der Waals surface area contributed by atoms with Gasteiger partial charge >= 0.3 is 0 Å². The number of pyridine rings is 1. The van der Waals surface area contributed by atoms with Crippen LogP contribution >= 0.6 is 11.8 Å². The van der Waals surface area contributed by atoms with Gasteiger partial charge in [-0.1, -0.05) is 18.9 Å². The standard InChI is InChI=1S/C17H22N2S/c1-13-11-17(19-9-5-3-4-6-10-19)18-16-12-14(20-2)7-8-15(13)16/h7-8,11-12H,3-6,9-10H2,1-2H3. The number of aromatic nitrogens is 1. The Morgan fingerprint density at radius 3 is 2.50 bits per heavy atom. The number of benzene rings is 1. The molecule has 0 aliphatic carbocycles. The zero-order valence-corrected chi connectivity index (χ0v) is 13.2. The maximum absolute atomic E-state index is 4.92. The average Bonchev–Trinajstić information content (AvgIpc) is 2.75. The van der Waals surface area contributed by atoms with E-state index in [1.165, 1.54) is 41.5 Å². The van der Waals surface area contributed by atoms with Crippen LogP contribution in [0.4, 0.5) is 5.82 Å². The second-order valence-corrected chi connectivity index (χ2v) is 6.46. The number of hydrogen-bond acceptors (Lipinski definition) is 3. The van der Waals surface area contributed by atoms with Crippen molar-refractivity contribution in [3.05, 3.63) is 29.8 Å². The van der Waals surface area contributed by atoms with E-state index in [0.717, 1.165) is 24.4 Å². The Balaban J connectivity index is 2.02. The van der Waals surface area contributed by atoms with Gasteiger partial charge in [0.2, 0.25) is 0 Å². The van der Waals surface area contributed by atoms with E-state index in [4.69, 9.17) is 4.98 Å². The topological polar surface area (TPSA) is 16.1 Å². The molecule has 0 bridgehead atoms. The first-order valence-corrected chi connectivity index (χ1v) is 8.71. The molecule has 106 valence electrons. The quantitative estimate of drug-likeness (QED) is 0.748. The van der Waals surface area contributed by atoms with E-state index in [9.17, 15) is 0 Å². The normalized spacial score (nSPS) is 16.4. The van der Waals surface area contributed by atoms with E-state index in [2.05, 4.69) is 42.3 Å². The number of rotatable bonds is 2. The average molecular weight is 286 g/mol. The maximum Gasteiger partial charge on any atom is 0.129 e. The van der Waals surface area contributed by atoms with Crippen molar-refractivity contribution in [2.24, 2.45) is 0 Å². The largest absolute Gasteiger partial charge is 0.357 e. The molecule has 0 radical (unpaired) electrons. The lowest BCUT2D eigenvalue weighted by molar-refractivity contribution is 0.726. The molecule has 1 aliphatic rings. The summed E-state index contributed by atoms with van der Waals surface area (Å²) in [6.07, 6.45) is 7.43.